The van der Waals surface area contributed by atoms with Crippen molar-refractivity contribution in [3.8, 4) is 0 Å². The van der Waals surface area contributed by atoms with Gasteiger partial charge in [-0.15, -0.1) is 11.3 Å². The van der Waals surface area contributed by atoms with Crippen molar-refractivity contribution in [2.24, 2.45) is 0 Å². The van der Waals surface area contributed by atoms with Gasteiger partial charge in [0.05, 0.1) is 5.56 Å². The molecule has 1 aliphatic rings. The number of fused-ring (bicyclic) bond motifs is 1. The maximum absolute atomic E-state index is 11.1. The summed E-state index contributed by atoms with van der Waals surface area (Å²) in [5.74, 6) is -0.847. The van der Waals surface area contributed by atoms with Gasteiger partial charge in [0.25, 0.3) is 0 Å². The first-order valence-electron chi connectivity index (χ1n) is 7.30. The molecule has 0 amide bonds. The molecule has 1 aromatic heterocycles. The molecule has 0 saturated carbocycles. The lowest BCUT2D eigenvalue weighted by molar-refractivity contribution is 0.0696. The number of nitrogens with zero attached hydrogens (tertiary/aromatic N) is 1. The molecule has 0 unspecified atom stereocenters. The third-order valence-corrected chi connectivity index (χ3v) is 5.20. The zero-order valence-electron chi connectivity index (χ0n) is 12.1. The van der Waals surface area contributed by atoms with Crippen molar-refractivity contribution in [1.82, 2.24) is 4.90 Å². The van der Waals surface area contributed by atoms with E-state index in [4.69, 9.17) is 5.11 Å². The molecule has 0 bridgehead atoms. The highest BCUT2D eigenvalue weighted by atomic mass is 32.1. The number of carbonyl (C=O) groups is 1. The molecule has 0 saturated heterocycles. The maximum atomic E-state index is 11.1. The Hall–Kier alpha value is -1.65. The van der Waals surface area contributed by atoms with Crippen molar-refractivity contribution in [2.75, 3.05) is 6.54 Å². The van der Waals surface area contributed by atoms with Gasteiger partial charge in [-0.1, -0.05) is 13.0 Å². The summed E-state index contributed by atoms with van der Waals surface area (Å²) in [4.78, 5) is 16.3. The molecule has 3 nitrogen and oxygen atoms in total. The van der Waals surface area contributed by atoms with Crippen LogP contribution in [-0.2, 0) is 25.9 Å². The van der Waals surface area contributed by atoms with Crippen molar-refractivity contribution < 1.29 is 9.90 Å². The van der Waals surface area contributed by atoms with Crippen molar-refractivity contribution in [2.45, 2.75) is 32.9 Å². The molecule has 110 valence electrons. The maximum Gasteiger partial charge on any atom is 0.335 e. The molecule has 0 atom stereocenters. The first kappa shape index (κ1) is 14.3. The smallest absolute Gasteiger partial charge is 0.335 e. The molecule has 0 aliphatic carbocycles. The molecule has 3 rings (SSSR count). The fraction of sp³-hybridized carbons (Fsp3) is 0.353. The Morgan fingerprint density at radius 2 is 2.05 bits per heavy atom. The Morgan fingerprint density at radius 1 is 1.24 bits per heavy atom. The summed E-state index contributed by atoms with van der Waals surface area (Å²) in [7, 11) is 0. The van der Waals surface area contributed by atoms with Crippen LogP contribution in [0.25, 0.3) is 0 Å². The minimum absolute atomic E-state index is 0.389. The largest absolute Gasteiger partial charge is 0.478 e. The molecule has 0 fully saturated rings. The lowest BCUT2D eigenvalue weighted by atomic mass is 9.97. The molecule has 2 aromatic rings. The number of hydrogen-bond donors (Lipinski definition) is 1. The first-order chi connectivity index (χ1) is 10.2. The van der Waals surface area contributed by atoms with Crippen LogP contribution in [0.2, 0.25) is 0 Å². The van der Waals surface area contributed by atoms with Crippen LogP contribution in [0.4, 0.5) is 0 Å². The molecular formula is C17H19NO2S. The quantitative estimate of drug-likeness (QED) is 0.938. The topological polar surface area (TPSA) is 40.5 Å². The third kappa shape index (κ3) is 3.17. The normalized spacial score (nSPS) is 14.9. The van der Waals surface area contributed by atoms with Crippen LogP contribution in [0.15, 0.2) is 30.3 Å². The fourth-order valence-electron chi connectivity index (χ4n) is 2.80. The van der Waals surface area contributed by atoms with E-state index in [-0.39, 0.29) is 0 Å². The van der Waals surface area contributed by atoms with Crippen LogP contribution >= 0.6 is 11.3 Å². The molecule has 1 aliphatic heterocycles. The van der Waals surface area contributed by atoms with Gasteiger partial charge in [-0.25, -0.2) is 4.79 Å². The van der Waals surface area contributed by atoms with Gasteiger partial charge in [-0.3, -0.25) is 4.90 Å². The number of aryl methyl sites for hydroxylation is 1. The standard InChI is InChI=1S/C17H19NO2S/c1-2-15-5-6-16(21-15)11-18-8-7-12-3-4-13(17(19)20)9-14(12)10-18/h3-6,9H,2,7-8,10-11H2,1H3,(H,19,20). The van der Waals surface area contributed by atoms with Gasteiger partial charge in [-0.05, 0) is 48.2 Å². The van der Waals surface area contributed by atoms with Crippen LogP contribution in [0.3, 0.4) is 0 Å². The van der Waals surface area contributed by atoms with E-state index in [2.05, 4.69) is 24.0 Å². The van der Waals surface area contributed by atoms with E-state index >= 15 is 0 Å². The van der Waals surface area contributed by atoms with E-state index in [1.165, 1.54) is 15.3 Å². The molecule has 21 heavy (non-hydrogen) atoms. The molecule has 1 N–H and O–H groups in total. The summed E-state index contributed by atoms with van der Waals surface area (Å²) in [6.07, 6.45) is 2.09. The summed E-state index contributed by atoms with van der Waals surface area (Å²) >= 11 is 1.88. The molecule has 0 radical (unpaired) electrons. The van der Waals surface area contributed by atoms with Crippen molar-refractivity contribution in [3.63, 3.8) is 0 Å². The highest BCUT2D eigenvalue weighted by Crippen LogP contribution is 2.24. The average Bonchev–Trinajstić information content (AvgIpc) is 2.94. The van der Waals surface area contributed by atoms with Gasteiger partial charge in [-0.2, -0.15) is 0 Å². The van der Waals surface area contributed by atoms with E-state index in [0.717, 1.165) is 38.0 Å². The lowest BCUT2D eigenvalue weighted by Gasteiger charge is -2.28. The second kappa shape index (κ2) is 6.00. The van der Waals surface area contributed by atoms with Crippen LogP contribution in [0.5, 0.6) is 0 Å². The van der Waals surface area contributed by atoms with E-state index in [1.54, 1.807) is 6.07 Å². The van der Waals surface area contributed by atoms with E-state index < -0.39 is 5.97 Å². The van der Waals surface area contributed by atoms with Crippen LogP contribution in [0.1, 0.15) is 38.2 Å². The number of carboxylic acids is 1. The predicted octanol–water partition coefficient (Wildman–Crippen LogP) is 3.57. The molecule has 4 heteroatoms. The minimum atomic E-state index is -0.847. The van der Waals surface area contributed by atoms with E-state index in [9.17, 15) is 4.79 Å². The predicted molar refractivity (Wildman–Crippen MR) is 84.9 cm³/mol. The summed E-state index contributed by atoms with van der Waals surface area (Å²) < 4.78 is 0. The lowest BCUT2D eigenvalue weighted by Crippen LogP contribution is -2.29. The SMILES string of the molecule is CCc1ccc(CN2CCc3ccc(C(=O)O)cc3C2)s1. The van der Waals surface area contributed by atoms with Gasteiger partial charge in [0.2, 0.25) is 0 Å². The Labute approximate surface area is 128 Å². The Bertz CT molecular complexity index is 663. The number of hydrogen-bond acceptors (Lipinski definition) is 3. The first-order valence-corrected chi connectivity index (χ1v) is 8.12. The highest BCUT2D eigenvalue weighted by molar-refractivity contribution is 7.11. The zero-order chi connectivity index (χ0) is 14.8. The minimum Gasteiger partial charge on any atom is -0.478 e. The number of benzene rings is 1. The van der Waals surface area contributed by atoms with Gasteiger partial charge < -0.3 is 5.11 Å². The Balaban J connectivity index is 1.73. The third-order valence-electron chi connectivity index (χ3n) is 3.99. The molecule has 2 heterocycles. The molecule has 1 aromatic carbocycles. The van der Waals surface area contributed by atoms with E-state index in [0.29, 0.717) is 5.56 Å². The number of aromatic carboxylic acids is 1. The number of rotatable bonds is 4. The summed E-state index contributed by atoms with van der Waals surface area (Å²) in [5.41, 5.74) is 2.84. The van der Waals surface area contributed by atoms with Crippen molar-refractivity contribution >= 4 is 17.3 Å². The number of carboxylic acid groups (broad SMARTS) is 1. The van der Waals surface area contributed by atoms with Crippen LogP contribution in [0, 0.1) is 0 Å². The average molecular weight is 301 g/mol. The van der Waals surface area contributed by atoms with Gasteiger partial charge >= 0.3 is 5.97 Å². The van der Waals surface area contributed by atoms with Gasteiger partial charge in [0, 0.05) is 29.4 Å². The monoisotopic (exact) mass is 301 g/mol. The van der Waals surface area contributed by atoms with Gasteiger partial charge in [0.1, 0.15) is 0 Å². The second-order valence-corrected chi connectivity index (χ2v) is 6.72. The zero-order valence-corrected chi connectivity index (χ0v) is 12.9. The fourth-order valence-corrected chi connectivity index (χ4v) is 3.80. The summed E-state index contributed by atoms with van der Waals surface area (Å²) in [6, 6.07) is 9.93. The Morgan fingerprint density at radius 3 is 2.76 bits per heavy atom. The summed E-state index contributed by atoms with van der Waals surface area (Å²) in [5, 5.41) is 9.11. The van der Waals surface area contributed by atoms with Crippen molar-refractivity contribution in [1.29, 1.82) is 0 Å². The number of thiophene rings is 1. The Kier molecular flexibility index (Phi) is 4.08. The van der Waals surface area contributed by atoms with Crippen LogP contribution in [-0.4, -0.2) is 22.5 Å². The molecular weight excluding hydrogens is 282 g/mol. The van der Waals surface area contributed by atoms with Crippen molar-refractivity contribution in [3.05, 3.63) is 56.8 Å². The highest BCUT2D eigenvalue weighted by Gasteiger charge is 2.18. The van der Waals surface area contributed by atoms with Gasteiger partial charge in [0.15, 0.2) is 0 Å². The summed E-state index contributed by atoms with van der Waals surface area (Å²) in [6.45, 7) is 5.02. The van der Waals surface area contributed by atoms with Crippen LogP contribution < -0.4 is 0 Å². The molecule has 0 spiro atoms. The second-order valence-electron chi connectivity index (χ2n) is 5.47. The van der Waals surface area contributed by atoms with E-state index in [1.807, 2.05) is 23.5 Å².